The summed E-state index contributed by atoms with van der Waals surface area (Å²) in [6.07, 6.45) is 1.48. The van der Waals surface area contributed by atoms with Crippen molar-refractivity contribution in [3.05, 3.63) is 52.5 Å². The summed E-state index contributed by atoms with van der Waals surface area (Å²) in [4.78, 5) is 15.4. The van der Waals surface area contributed by atoms with Gasteiger partial charge in [-0.05, 0) is 12.1 Å². The molecule has 1 radical (unpaired) electrons. The SMILES string of the molecule is O=C(NN=Cc1cs[c]n1)c1ccccc1. The lowest BCUT2D eigenvalue weighted by molar-refractivity contribution is 0.0955. The molecule has 1 N–H and O–H groups in total. The Kier molecular flexibility index (Phi) is 3.40. The lowest BCUT2D eigenvalue weighted by Crippen LogP contribution is -2.17. The van der Waals surface area contributed by atoms with Crippen LogP contribution < -0.4 is 5.43 Å². The molecule has 1 aromatic carbocycles. The summed E-state index contributed by atoms with van der Waals surface area (Å²) in [7, 11) is 0. The van der Waals surface area contributed by atoms with Gasteiger partial charge in [-0.25, -0.2) is 10.4 Å². The Morgan fingerprint density at radius 1 is 1.44 bits per heavy atom. The van der Waals surface area contributed by atoms with E-state index in [1.54, 1.807) is 29.6 Å². The predicted molar refractivity (Wildman–Crippen MR) is 62.5 cm³/mol. The number of benzene rings is 1. The molecule has 79 valence electrons. The van der Waals surface area contributed by atoms with Crippen LogP contribution in [0.15, 0.2) is 40.8 Å². The Hall–Kier alpha value is -2.01. The van der Waals surface area contributed by atoms with Gasteiger partial charge in [0.15, 0.2) is 5.51 Å². The van der Waals surface area contributed by atoms with Crippen LogP contribution in [-0.4, -0.2) is 17.1 Å². The molecule has 1 amide bonds. The minimum absolute atomic E-state index is 0.240. The number of rotatable bonds is 3. The summed E-state index contributed by atoms with van der Waals surface area (Å²) >= 11 is 1.35. The largest absolute Gasteiger partial charge is 0.271 e. The van der Waals surface area contributed by atoms with E-state index >= 15 is 0 Å². The smallest absolute Gasteiger partial charge is 0.267 e. The zero-order chi connectivity index (χ0) is 11.2. The lowest BCUT2D eigenvalue weighted by Gasteiger charge is -1.97. The second kappa shape index (κ2) is 5.18. The number of hydrazone groups is 1. The number of aromatic nitrogens is 1. The van der Waals surface area contributed by atoms with E-state index in [4.69, 9.17) is 0 Å². The highest BCUT2D eigenvalue weighted by atomic mass is 32.1. The first-order valence-corrected chi connectivity index (χ1v) is 5.44. The molecular weight excluding hydrogens is 222 g/mol. The fraction of sp³-hybridized carbons (Fsp3) is 0. The molecule has 0 saturated carbocycles. The monoisotopic (exact) mass is 230 g/mol. The van der Waals surface area contributed by atoms with Crippen LogP contribution in [0, 0.1) is 5.51 Å². The lowest BCUT2D eigenvalue weighted by atomic mass is 10.2. The average Bonchev–Trinajstić information content (AvgIpc) is 2.83. The molecule has 1 aromatic heterocycles. The quantitative estimate of drug-likeness (QED) is 0.644. The maximum absolute atomic E-state index is 11.5. The van der Waals surface area contributed by atoms with Crippen molar-refractivity contribution in [2.75, 3.05) is 0 Å². The van der Waals surface area contributed by atoms with Gasteiger partial charge in [0, 0.05) is 10.9 Å². The van der Waals surface area contributed by atoms with Gasteiger partial charge in [0.25, 0.3) is 5.91 Å². The summed E-state index contributed by atoms with van der Waals surface area (Å²) in [5, 5.41) is 5.58. The number of thiazole rings is 1. The summed E-state index contributed by atoms with van der Waals surface area (Å²) in [5.74, 6) is -0.240. The van der Waals surface area contributed by atoms with E-state index in [1.165, 1.54) is 17.6 Å². The maximum atomic E-state index is 11.5. The van der Waals surface area contributed by atoms with Crippen molar-refractivity contribution >= 4 is 23.5 Å². The van der Waals surface area contributed by atoms with E-state index in [2.05, 4.69) is 21.0 Å². The minimum Gasteiger partial charge on any atom is -0.267 e. The molecule has 0 aliphatic carbocycles. The van der Waals surface area contributed by atoms with Crippen molar-refractivity contribution in [1.29, 1.82) is 0 Å². The second-order valence-corrected chi connectivity index (χ2v) is 3.58. The van der Waals surface area contributed by atoms with Crippen molar-refractivity contribution in [2.24, 2.45) is 5.10 Å². The standard InChI is InChI=1S/C11H8N3OS/c15-11(9-4-2-1-3-5-9)14-13-6-10-7-16-8-12-10/h1-7H,(H,14,15). The van der Waals surface area contributed by atoms with E-state index in [9.17, 15) is 4.79 Å². The molecule has 5 heteroatoms. The van der Waals surface area contributed by atoms with Crippen molar-refractivity contribution in [3.8, 4) is 0 Å². The molecule has 2 rings (SSSR count). The average molecular weight is 230 g/mol. The molecule has 0 atom stereocenters. The highest BCUT2D eigenvalue weighted by Gasteiger charge is 2.01. The van der Waals surface area contributed by atoms with Gasteiger partial charge in [-0.2, -0.15) is 5.10 Å². The highest BCUT2D eigenvalue weighted by molar-refractivity contribution is 7.07. The normalized spacial score (nSPS) is 10.5. The number of nitrogens with one attached hydrogen (secondary N) is 1. The summed E-state index contributed by atoms with van der Waals surface area (Å²) in [6.45, 7) is 0. The van der Waals surface area contributed by atoms with Crippen LogP contribution >= 0.6 is 11.3 Å². The van der Waals surface area contributed by atoms with Crippen molar-refractivity contribution in [2.45, 2.75) is 0 Å². The first-order valence-electron chi connectivity index (χ1n) is 4.56. The number of nitrogens with zero attached hydrogens (tertiary/aromatic N) is 2. The Morgan fingerprint density at radius 2 is 2.25 bits per heavy atom. The van der Waals surface area contributed by atoms with E-state index < -0.39 is 0 Å². The Bertz CT molecular complexity index is 479. The van der Waals surface area contributed by atoms with E-state index in [0.717, 1.165) is 0 Å². The van der Waals surface area contributed by atoms with Crippen LogP contribution in [-0.2, 0) is 0 Å². The zero-order valence-electron chi connectivity index (χ0n) is 8.25. The van der Waals surface area contributed by atoms with Crippen molar-refractivity contribution in [3.63, 3.8) is 0 Å². The van der Waals surface area contributed by atoms with Crippen LogP contribution in [0.5, 0.6) is 0 Å². The van der Waals surface area contributed by atoms with Crippen LogP contribution in [0.3, 0.4) is 0 Å². The van der Waals surface area contributed by atoms with Gasteiger partial charge >= 0.3 is 0 Å². The third-order valence-corrected chi connectivity index (χ3v) is 2.36. The minimum atomic E-state index is -0.240. The summed E-state index contributed by atoms with van der Waals surface area (Å²) in [5.41, 5.74) is 6.36. The third-order valence-electron chi connectivity index (χ3n) is 1.81. The second-order valence-electron chi connectivity index (χ2n) is 2.93. The first kappa shape index (κ1) is 10.5. The topological polar surface area (TPSA) is 54.4 Å². The van der Waals surface area contributed by atoms with Crippen molar-refractivity contribution < 1.29 is 4.79 Å². The van der Waals surface area contributed by atoms with Gasteiger partial charge in [-0.3, -0.25) is 4.79 Å². The van der Waals surface area contributed by atoms with Gasteiger partial charge in [0.2, 0.25) is 0 Å². The molecule has 0 aliphatic rings. The number of amides is 1. The van der Waals surface area contributed by atoms with Gasteiger partial charge < -0.3 is 0 Å². The van der Waals surface area contributed by atoms with Gasteiger partial charge in [-0.1, -0.05) is 18.2 Å². The molecule has 16 heavy (non-hydrogen) atoms. The zero-order valence-corrected chi connectivity index (χ0v) is 9.07. The highest BCUT2D eigenvalue weighted by Crippen LogP contribution is 1.98. The number of hydrogen-bond acceptors (Lipinski definition) is 4. The van der Waals surface area contributed by atoms with Gasteiger partial charge in [0.05, 0.1) is 11.9 Å². The maximum Gasteiger partial charge on any atom is 0.271 e. The number of hydrogen-bond donors (Lipinski definition) is 1. The molecule has 0 fully saturated rings. The summed E-state index contributed by atoms with van der Waals surface area (Å²) < 4.78 is 0. The molecular formula is C11H8N3OS. The number of carbonyl (C=O) groups excluding carboxylic acids is 1. The van der Waals surface area contributed by atoms with Crippen molar-refractivity contribution in [1.82, 2.24) is 10.4 Å². The van der Waals surface area contributed by atoms with E-state index in [0.29, 0.717) is 11.3 Å². The fourth-order valence-electron chi connectivity index (χ4n) is 1.06. The Morgan fingerprint density at radius 3 is 2.94 bits per heavy atom. The van der Waals surface area contributed by atoms with E-state index in [1.807, 2.05) is 6.07 Å². The molecule has 0 saturated heterocycles. The van der Waals surface area contributed by atoms with Crippen LogP contribution in [0.1, 0.15) is 16.1 Å². The Balaban J connectivity index is 1.94. The number of carbonyl (C=O) groups is 1. The fourth-order valence-corrected chi connectivity index (χ4v) is 1.51. The van der Waals surface area contributed by atoms with Crippen LogP contribution in [0.25, 0.3) is 0 Å². The Labute approximate surface area is 96.7 Å². The van der Waals surface area contributed by atoms with E-state index in [-0.39, 0.29) is 5.91 Å². The first-order chi connectivity index (χ1) is 7.86. The molecule has 1 heterocycles. The molecule has 0 spiro atoms. The molecule has 0 bridgehead atoms. The molecule has 0 aliphatic heterocycles. The van der Waals surface area contributed by atoms with Gasteiger partial charge in [-0.15, -0.1) is 11.3 Å². The molecule has 2 aromatic rings. The van der Waals surface area contributed by atoms with Crippen LogP contribution in [0.2, 0.25) is 0 Å². The predicted octanol–water partition coefficient (Wildman–Crippen LogP) is 1.71. The molecule has 0 unspecified atom stereocenters. The third kappa shape index (κ3) is 2.74. The summed E-state index contributed by atoms with van der Waals surface area (Å²) in [6, 6.07) is 8.90. The van der Waals surface area contributed by atoms with Crippen LogP contribution in [0.4, 0.5) is 0 Å². The van der Waals surface area contributed by atoms with Gasteiger partial charge in [0.1, 0.15) is 0 Å². The molecule has 4 nitrogen and oxygen atoms in total.